The molecule has 2 N–H and O–H groups in total. The molecule has 0 bridgehead atoms. The second-order valence-electron chi connectivity index (χ2n) is 6.30. The van der Waals surface area contributed by atoms with Crippen molar-refractivity contribution < 1.29 is 17.9 Å². The van der Waals surface area contributed by atoms with Crippen LogP contribution in [0.5, 0.6) is 0 Å². The quantitative estimate of drug-likeness (QED) is 0.851. The number of nitrogens with one attached hydrogen (secondary N) is 2. The molecule has 3 rings (SSSR count). The Labute approximate surface area is 142 Å². The molecule has 2 heterocycles. The zero-order valence-electron chi connectivity index (χ0n) is 13.7. The van der Waals surface area contributed by atoms with Crippen LogP contribution in [0.3, 0.4) is 0 Å². The lowest BCUT2D eigenvalue weighted by molar-refractivity contribution is 0.122. The number of morpholine rings is 1. The average Bonchev–Trinajstić information content (AvgIpc) is 2.89. The first-order chi connectivity index (χ1) is 11.4. The molecule has 2 aliphatic heterocycles. The number of aryl methyl sites for hydroxylation is 1. The van der Waals surface area contributed by atoms with E-state index in [2.05, 4.69) is 15.5 Å². The molecule has 2 aliphatic rings. The third kappa shape index (κ3) is 4.18. The maximum Gasteiger partial charge on any atom is 0.319 e. The number of urea groups is 1. The van der Waals surface area contributed by atoms with Gasteiger partial charge in [0, 0.05) is 30.5 Å². The van der Waals surface area contributed by atoms with Gasteiger partial charge in [0.1, 0.15) is 0 Å². The van der Waals surface area contributed by atoms with Gasteiger partial charge in [-0.25, -0.2) is 13.2 Å². The molecule has 1 aromatic rings. The molecule has 24 heavy (non-hydrogen) atoms. The highest BCUT2D eigenvalue weighted by Gasteiger charge is 2.29. The lowest BCUT2D eigenvalue weighted by Crippen LogP contribution is -2.38. The molecule has 0 aromatic heterocycles. The topological polar surface area (TPSA) is 87.7 Å². The Morgan fingerprint density at radius 1 is 1.29 bits per heavy atom. The van der Waals surface area contributed by atoms with Gasteiger partial charge in [-0.05, 0) is 37.1 Å². The summed E-state index contributed by atoms with van der Waals surface area (Å²) in [6.07, 6.45) is 0.477. The number of hydrogen-bond acceptors (Lipinski definition) is 5. The van der Waals surface area contributed by atoms with E-state index in [1.165, 1.54) is 0 Å². The van der Waals surface area contributed by atoms with Crippen molar-refractivity contribution in [3.8, 4) is 0 Å². The fourth-order valence-corrected chi connectivity index (χ4v) is 4.73. The Morgan fingerprint density at radius 3 is 2.67 bits per heavy atom. The van der Waals surface area contributed by atoms with Crippen LogP contribution in [-0.4, -0.2) is 58.3 Å². The predicted molar refractivity (Wildman–Crippen MR) is 93.4 cm³/mol. The van der Waals surface area contributed by atoms with Crippen molar-refractivity contribution in [2.75, 3.05) is 48.0 Å². The minimum absolute atomic E-state index is 0.0232. The highest BCUT2D eigenvalue weighted by Crippen LogP contribution is 2.23. The summed E-state index contributed by atoms with van der Waals surface area (Å²) in [5.74, 6) is 0.167. The van der Waals surface area contributed by atoms with Gasteiger partial charge in [0.05, 0.1) is 24.7 Å². The van der Waals surface area contributed by atoms with E-state index in [9.17, 15) is 13.2 Å². The van der Waals surface area contributed by atoms with Gasteiger partial charge in [0.25, 0.3) is 0 Å². The van der Waals surface area contributed by atoms with Crippen molar-refractivity contribution in [1.29, 1.82) is 0 Å². The van der Waals surface area contributed by atoms with Crippen LogP contribution >= 0.6 is 0 Å². The van der Waals surface area contributed by atoms with E-state index in [1.54, 1.807) is 0 Å². The summed E-state index contributed by atoms with van der Waals surface area (Å²) in [6, 6.07) is 5.24. The summed E-state index contributed by atoms with van der Waals surface area (Å²) >= 11 is 0. The van der Waals surface area contributed by atoms with Crippen LogP contribution in [0, 0.1) is 6.92 Å². The molecule has 2 amide bonds. The van der Waals surface area contributed by atoms with Crippen molar-refractivity contribution in [1.82, 2.24) is 5.32 Å². The van der Waals surface area contributed by atoms with Gasteiger partial charge >= 0.3 is 6.03 Å². The summed E-state index contributed by atoms with van der Waals surface area (Å²) in [5, 5.41) is 5.54. The van der Waals surface area contributed by atoms with Crippen LogP contribution in [0.25, 0.3) is 0 Å². The minimum Gasteiger partial charge on any atom is -0.378 e. The zero-order chi connectivity index (χ0) is 17.2. The van der Waals surface area contributed by atoms with Gasteiger partial charge in [-0.3, -0.25) is 0 Å². The summed E-state index contributed by atoms with van der Waals surface area (Å²) in [4.78, 5) is 14.3. The van der Waals surface area contributed by atoms with E-state index in [4.69, 9.17) is 4.74 Å². The van der Waals surface area contributed by atoms with E-state index in [0.29, 0.717) is 6.42 Å². The number of rotatable bonds is 3. The van der Waals surface area contributed by atoms with Crippen molar-refractivity contribution in [2.45, 2.75) is 19.4 Å². The third-order valence-corrected chi connectivity index (χ3v) is 6.17. The molecule has 0 aliphatic carbocycles. The van der Waals surface area contributed by atoms with Gasteiger partial charge in [0.2, 0.25) is 0 Å². The molecule has 7 nitrogen and oxygen atoms in total. The Kier molecular flexibility index (Phi) is 4.96. The lowest BCUT2D eigenvalue weighted by atomic mass is 10.1. The van der Waals surface area contributed by atoms with Gasteiger partial charge in [-0.15, -0.1) is 0 Å². The normalized spacial score (nSPS) is 23.0. The summed E-state index contributed by atoms with van der Waals surface area (Å²) in [5.41, 5.74) is 2.81. The summed E-state index contributed by atoms with van der Waals surface area (Å²) in [7, 11) is -3.00. The first kappa shape index (κ1) is 17.0. The van der Waals surface area contributed by atoms with Crippen molar-refractivity contribution >= 4 is 27.2 Å². The molecule has 2 saturated heterocycles. The minimum atomic E-state index is -3.00. The Morgan fingerprint density at radius 2 is 2.04 bits per heavy atom. The van der Waals surface area contributed by atoms with Gasteiger partial charge < -0.3 is 20.3 Å². The van der Waals surface area contributed by atoms with E-state index in [-0.39, 0.29) is 23.6 Å². The number of ether oxygens (including phenoxy) is 1. The molecule has 132 valence electrons. The number of carbonyl (C=O) groups is 1. The zero-order valence-corrected chi connectivity index (χ0v) is 14.6. The largest absolute Gasteiger partial charge is 0.378 e. The lowest BCUT2D eigenvalue weighted by Gasteiger charge is -2.29. The molecule has 0 radical (unpaired) electrons. The molecule has 2 fully saturated rings. The monoisotopic (exact) mass is 353 g/mol. The van der Waals surface area contributed by atoms with Crippen LogP contribution in [0.4, 0.5) is 16.2 Å². The summed E-state index contributed by atoms with van der Waals surface area (Å²) in [6.45, 7) is 5.13. The fourth-order valence-electron chi connectivity index (χ4n) is 3.06. The molecule has 1 unspecified atom stereocenters. The Hall–Kier alpha value is -1.80. The maximum atomic E-state index is 12.1. The van der Waals surface area contributed by atoms with E-state index >= 15 is 0 Å². The van der Waals surface area contributed by atoms with Crippen LogP contribution in [-0.2, 0) is 14.6 Å². The third-order valence-electron chi connectivity index (χ3n) is 4.40. The van der Waals surface area contributed by atoms with Crippen molar-refractivity contribution in [3.63, 3.8) is 0 Å². The standard InChI is InChI=1S/C16H23N3O4S/c1-12-10-14(19-5-7-23-8-6-19)2-3-15(12)18-16(20)17-13-4-9-24(21,22)11-13/h2-3,10,13H,4-9,11H2,1H3,(H2,17,18,20). The van der Waals surface area contributed by atoms with E-state index in [1.807, 2.05) is 25.1 Å². The maximum absolute atomic E-state index is 12.1. The molecule has 1 aromatic carbocycles. The first-order valence-corrected chi connectivity index (χ1v) is 9.96. The van der Waals surface area contributed by atoms with Gasteiger partial charge in [-0.1, -0.05) is 0 Å². The van der Waals surface area contributed by atoms with Crippen molar-refractivity contribution in [2.24, 2.45) is 0 Å². The SMILES string of the molecule is Cc1cc(N2CCOCC2)ccc1NC(=O)NC1CCS(=O)(=O)C1. The Balaban J connectivity index is 1.59. The smallest absolute Gasteiger partial charge is 0.319 e. The second-order valence-corrected chi connectivity index (χ2v) is 8.53. The second kappa shape index (κ2) is 6.98. The molecule has 0 spiro atoms. The molecular formula is C16H23N3O4S. The van der Waals surface area contributed by atoms with Crippen molar-refractivity contribution in [3.05, 3.63) is 23.8 Å². The van der Waals surface area contributed by atoms with E-state index in [0.717, 1.165) is 43.2 Å². The van der Waals surface area contributed by atoms with Gasteiger partial charge in [0.15, 0.2) is 9.84 Å². The highest BCUT2D eigenvalue weighted by molar-refractivity contribution is 7.91. The molecule has 0 saturated carbocycles. The number of anilines is 2. The Bertz CT molecular complexity index is 714. The number of hydrogen-bond donors (Lipinski definition) is 2. The molecule has 8 heteroatoms. The number of nitrogens with zero attached hydrogens (tertiary/aromatic N) is 1. The number of benzene rings is 1. The highest BCUT2D eigenvalue weighted by atomic mass is 32.2. The van der Waals surface area contributed by atoms with Gasteiger partial charge in [-0.2, -0.15) is 0 Å². The molecular weight excluding hydrogens is 330 g/mol. The average molecular weight is 353 g/mol. The van der Waals surface area contributed by atoms with Crippen LogP contribution in [0.2, 0.25) is 0 Å². The first-order valence-electron chi connectivity index (χ1n) is 8.14. The number of amides is 2. The van der Waals surface area contributed by atoms with Crippen LogP contribution < -0.4 is 15.5 Å². The van der Waals surface area contributed by atoms with E-state index < -0.39 is 9.84 Å². The number of carbonyl (C=O) groups excluding carboxylic acids is 1. The fraction of sp³-hybridized carbons (Fsp3) is 0.562. The van der Waals surface area contributed by atoms with Crippen LogP contribution in [0.15, 0.2) is 18.2 Å². The predicted octanol–water partition coefficient (Wildman–Crippen LogP) is 1.14. The summed E-state index contributed by atoms with van der Waals surface area (Å²) < 4.78 is 28.2. The molecule has 1 atom stereocenters. The van der Waals surface area contributed by atoms with Crippen LogP contribution in [0.1, 0.15) is 12.0 Å². The number of sulfone groups is 1.